The van der Waals surface area contributed by atoms with Crippen molar-refractivity contribution in [3.63, 3.8) is 0 Å². The van der Waals surface area contributed by atoms with Crippen LogP contribution in [-0.2, 0) is 6.54 Å². The van der Waals surface area contributed by atoms with E-state index in [0.717, 1.165) is 17.1 Å². The van der Waals surface area contributed by atoms with E-state index in [1.807, 2.05) is 13.0 Å². The van der Waals surface area contributed by atoms with Crippen LogP contribution in [0.3, 0.4) is 0 Å². The van der Waals surface area contributed by atoms with Crippen molar-refractivity contribution in [3.8, 4) is 0 Å². The highest BCUT2D eigenvalue weighted by molar-refractivity contribution is 6.28. The molecule has 0 aliphatic carbocycles. The summed E-state index contributed by atoms with van der Waals surface area (Å²) in [6, 6.07) is 1.89. The highest BCUT2D eigenvalue weighted by Gasteiger charge is 2.02. The van der Waals surface area contributed by atoms with Gasteiger partial charge in [0.1, 0.15) is 5.82 Å². The quantitative estimate of drug-likeness (QED) is 0.779. The molecule has 2 aromatic rings. The minimum Gasteiger partial charge on any atom is -0.364 e. The first-order valence-corrected chi connectivity index (χ1v) is 4.85. The van der Waals surface area contributed by atoms with Crippen LogP contribution in [0, 0.1) is 6.92 Å². The maximum Gasteiger partial charge on any atom is 0.224 e. The third kappa shape index (κ3) is 2.44. The van der Waals surface area contributed by atoms with E-state index in [2.05, 4.69) is 25.5 Å². The molecule has 6 heteroatoms. The largest absolute Gasteiger partial charge is 0.364 e. The Hall–Kier alpha value is -1.62. The normalized spacial score (nSPS) is 10.3. The van der Waals surface area contributed by atoms with Gasteiger partial charge in [-0.3, -0.25) is 5.10 Å². The molecule has 2 heterocycles. The number of hydrogen-bond acceptors (Lipinski definition) is 4. The standard InChI is InChI=1S/C9H10ClN5/c1-6-4-12-9(10)14-8(6)11-5-7-2-3-13-15-7/h2-4H,5H2,1H3,(H,13,15)(H,11,12,14). The number of nitrogens with one attached hydrogen (secondary N) is 2. The van der Waals surface area contributed by atoms with E-state index >= 15 is 0 Å². The fourth-order valence-corrected chi connectivity index (χ4v) is 1.29. The van der Waals surface area contributed by atoms with Crippen molar-refractivity contribution < 1.29 is 0 Å². The minimum absolute atomic E-state index is 0.243. The molecule has 5 nitrogen and oxygen atoms in total. The average molecular weight is 224 g/mol. The van der Waals surface area contributed by atoms with Crippen molar-refractivity contribution in [2.24, 2.45) is 0 Å². The number of rotatable bonds is 3. The van der Waals surface area contributed by atoms with Crippen LogP contribution in [0.25, 0.3) is 0 Å². The Kier molecular flexibility index (Phi) is 2.82. The first-order valence-electron chi connectivity index (χ1n) is 4.47. The van der Waals surface area contributed by atoms with Crippen LogP contribution in [0.2, 0.25) is 5.28 Å². The van der Waals surface area contributed by atoms with Gasteiger partial charge in [-0.2, -0.15) is 5.10 Å². The van der Waals surface area contributed by atoms with Crippen LogP contribution in [0.5, 0.6) is 0 Å². The minimum atomic E-state index is 0.243. The van der Waals surface area contributed by atoms with Crippen LogP contribution < -0.4 is 5.32 Å². The van der Waals surface area contributed by atoms with Gasteiger partial charge in [-0.25, -0.2) is 9.97 Å². The van der Waals surface area contributed by atoms with Gasteiger partial charge in [-0.1, -0.05) is 0 Å². The molecular weight excluding hydrogens is 214 g/mol. The van der Waals surface area contributed by atoms with Crippen molar-refractivity contribution >= 4 is 17.4 Å². The Balaban J connectivity index is 2.07. The molecule has 0 amide bonds. The zero-order valence-corrected chi connectivity index (χ0v) is 8.91. The molecule has 0 atom stereocenters. The molecule has 15 heavy (non-hydrogen) atoms. The molecule has 0 aliphatic heterocycles. The number of H-pyrrole nitrogens is 1. The molecule has 0 aliphatic rings. The fraction of sp³-hybridized carbons (Fsp3) is 0.222. The molecule has 0 fully saturated rings. The second-order valence-electron chi connectivity index (χ2n) is 3.11. The topological polar surface area (TPSA) is 66.5 Å². The average Bonchev–Trinajstić information content (AvgIpc) is 2.72. The predicted molar refractivity (Wildman–Crippen MR) is 57.7 cm³/mol. The van der Waals surface area contributed by atoms with Gasteiger partial charge in [0.05, 0.1) is 12.2 Å². The molecule has 0 bridgehead atoms. The van der Waals surface area contributed by atoms with Gasteiger partial charge < -0.3 is 5.32 Å². The maximum atomic E-state index is 5.70. The number of nitrogens with zero attached hydrogens (tertiary/aromatic N) is 3. The molecule has 0 saturated carbocycles. The fourth-order valence-electron chi connectivity index (χ4n) is 1.16. The second kappa shape index (κ2) is 4.27. The van der Waals surface area contributed by atoms with Gasteiger partial charge in [0, 0.05) is 18.0 Å². The maximum absolute atomic E-state index is 5.70. The van der Waals surface area contributed by atoms with Gasteiger partial charge in [0.15, 0.2) is 0 Å². The number of aromatic amines is 1. The number of aromatic nitrogens is 4. The van der Waals surface area contributed by atoms with Crippen LogP contribution in [0.15, 0.2) is 18.5 Å². The molecule has 2 aromatic heterocycles. The molecule has 0 radical (unpaired) electrons. The van der Waals surface area contributed by atoms with Gasteiger partial charge in [-0.05, 0) is 24.6 Å². The molecule has 2 N–H and O–H groups in total. The van der Waals surface area contributed by atoms with Crippen molar-refractivity contribution in [3.05, 3.63) is 35.0 Å². The third-order valence-electron chi connectivity index (χ3n) is 1.95. The van der Waals surface area contributed by atoms with Crippen molar-refractivity contribution in [2.75, 3.05) is 5.32 Å². The zero-order valence-electron chi connectivity index (χ0n) is 8.16. The van der Waals surface area contributed by atoms with Crippen LogP contribution in [0.1, 0.15) is 11.3 Å². The monoisotopic (exact) mass is 223 g/mol. The van der Waals surface area contributed by atoms with Gasteiger partial charge in [0.25, 0.3) is 0 Å². The van der Waals surface area contributed by atoms with Gasteiger partial charge in [-0.15, -0.1) is 0 Å². The van der Waals surface area contributed by atoms with E-state index < -0.39 is 0 Å². The summed E-state index contributed by atoms with van der Waals surface area (Å²) in [7, 11) is 0. The summed E-state index contributed by atoms with van der Waals surface area (Å²) in [6.07, 6.45) is 3.39. The Morgan fingerprint density at radius 3 is 3.13 bits per heavy atom. The summed E-state index contributed by atoms with van der Waals surface area (Å²) in [5, 5.41) is 10.1. The molecule has 0 spiro atoms. The first kappa shape index (κ1) is 9.92. The lowest BCUT2D eigenvalue weighted by Gasteiger charge is -2.06. The smallest absolute Gasteiger partial charge is 0.224 e. The second-order valence-corrected chi connectivity index (χ2v) is 3.44. The molecular formula is C9H10ClN5. The Morgan fingerprint density at radius 1 is 1.53 bits per heavy atom. The summed E-state index contributed by atoms with van der Waals surface area (Å²) >= 11 is 5.70. The van der Waals surface area contributed by atoms with E-state index in [4.69, 9.17) is 11.6 Å². The Bertz CT molecular complexity index is 440. The van der Waals surface area contributed by atoms with Crippen LogP contribution in [0.4, 0.5) is 5.82 Å². The SMILES string of the molecule is Cc1cnc(Cl)nc1NCc1ccn[nH]1. The molecule has 0 aromatic carbocycles. The van der Waals surface area contributed by atoms with Gasteiger partial charge >= 0.3 is 0 Å². The lowest BCUT2D eigenvalue weighted by atomic mass is 10.3. The van der Waals surface area contributed by atoms with Crippen molar-refractivity contribution in [1.29, 1.82) is 0 Å². The highest BCUT2D eigenvalue weighted by atomic mass is 35.5. The highest BCUT2D eigenvalue weighted by Crippen LogP contribution is 2.13. The lowest BCUT2D eigenvalue weighted by molar-refractivity contribution is 0.967. The zero-order chi connectivity index (χ0) is 10.7. The predicted octanol–water partition coefficient (Wildman–Crippen LogP) is 1.77. The first-order chi connectivity index (χ1) is 7.25. The van der Waals surface area contributed by atoms with Crippen molar-refractivity contribution in [1.82, 2.24) is 20.2 Å². The van der Waals surface area contributed by atoms with Crippen LogP contribution in [-0.4, -0.2) is 20.2 Å². The summed E-state index contributed by atoms with van der Waals surface area (Å²) in [5.74, 6) is 0.740. The lowest BCUT2D eigenvalue weighted by Crippen LogP contribution is -2.04. The Morgan fingerprint density at radius 2 is 2.40 bits per heavy atom. The molecule has 0 unspecified atom stereocenters. The Labute approximate surface area is 91.9 Å². The van der Waals surface area contributed by atoms with E-state index in [1.165, 1.54) is 0 Å². The van der Waals surface area contributed by atoms with E-state index in [1.54, 1.807) is 12.4 Å². The summed E-state index contributed by atoms with van der Waals surface area (Å²) < 4.78 is 0. The number of hydrogen-bond donors (Lipinski definition) is 2. The van der Waals surface area contributed by atoms with E-state index in [0.29, 0.717) is 6.54 Å². The van der Waals surface area contributed by atoms with Crippen molar-refractivity contribution in [2.45, 2.75) is 13.5 Å². The van der Waals surface area contributed by atoms with E-state index in [-0.39, 0.29) is 5.28 Å². The molecule has 78 valence electrons. The number of aryl methyl sites for hydroxylation is 1. The summed E-state index contributed by atoms with van der Waals surface area (Å²) in [5.41, 5.74) is 1.95. The van der Waals surface area contributed by atoms with Gasteiger partial charge in [0.2, 0.25) is 5.28 Å². The number of halogens is 1. The summed E-state index contributed by atoms with van der Waals surface area (Å²) in [4.78, 5) is 7.96. The van der Waals surface area contributed by atoms with Crippen LogP contribution >= 0.6 is 11.6 Å². The molecule has 2 rings (SSSR count). The van der Waals surface area contributed by atoms with E-state index in [9.17, 15) is 0 Å². The summed E-state index contributed by atoms with van der Waals surface area (Å²) in [6.45, 7) is 2.56. The third-order valence-corrected chi connectivity index (χ3v) is 2.13. The molecule has 0 saturated heterocycles. The number of anilines is 1.